The summed E-state index contributed by atoms with van der Waals surface area (Å²) in [6.07, 6.45) is 1.60. The Balaban J connectivity index is 0.00000261. The number of amides is 1. The number of thiazole rings is 1. The summed E-state index contributed by atoms with van der Waals surface area (Å²) < 4.78 is 0. The fraction of sp³-hybridized carbons (Fsp3) is 0.421. The van der Waals surface area contributed by atoms with Crippen molar-refractivity contribution >= 4 is 52.9 Å². The number of nitrogens with one attached hydrogen (secondary N) is 2. The van der Waals surface area contributed by atoms with Crippen LogP contribution < -0.4 is 15.5 Å². The molecule has 3 rings (SSSR count). The number of aliphatic imine (C=N–C) groups is 1. The smallest absolute Gasteiger partial charge is 0.227 e. The predicted molar refractivity (Wildman–Crippen MR) is 122 cm³/mol. The molecule has 1 saturated heterocycles. The van der Waals surface area contributed by atoms with Crippen LogP contribution in [-0.4, -0.2) is 29.9 Å². The second kappa shape index (κ2) is 10.6. The van der Waals surface area contributed by atoms with Crippen molar-refractivity contribution in [1.29, 1.82) is 0 Å². The molecule has 8 heteroatoms. The SMILES string of the molecule is CCNC(=NCc1ccc(N2CCCC2=O)cc1)NCc1scnc1C.I. The first-order valence-electron chi connectivity index (χ1n) is 8.98. The summed E-state index contributed by atoms with van der Waals surface area (Å²) in [7, 11) is 0. The third kappa shape index (κ3) is 5.90. The van der Waals surface area contributed by atoms with E-state index >= 15 is 0 Å². The lowest BCUT2D eigenvalue weighted by Crippen LogP contribution is -2.36. The number of anilines is 1. The second-order valence-electron chi connectivity index (χ2n) is 6.23. The maximum atomic E-state index is 11.8. The van der Waals surface area contributed by atoms with Crippen LogP contribution in [0.1, 0.15) is 35.9 Å². The van der Waals surface area contributed by atoms with Gasteiger partial charge in [0.25, 0.3) is 0 Å². The summed E-state index contributed by atoms with van der Waals surface area (Å²) in [6.45, 7) is 7.01. The molecule has 146 valence electrons. The normalized spacial score (nSPS) is 14.2. The first-order valence-corrected chi connectivity index (χ1v) is 9.85. The third-order valence-electron chi connectivity index (χ3n) is 4.35. The number of hydrogen-bond donors (Lipinski definition) is 2. The highest BCUT2D eigenvalue weighted by molar-refractivity contribution is 14.0. The van der Waals surface area contributed by atoms with Gasteiger partial charge >= 0.3 is 0 Å². The fourth-order valence-electron chi connectivity index (χ4n) is 2.87. The molecule has 0 bridgehead atoms. The Morgan fingerprint density at radius 1 is 1.30 bits per heavy atom. The molecular weight excluding hydrogens is 473 g/mol. The van der Waals surface area contributed by atoms with Crippen molar-refractivity contribution in [1.82, 2.24) is 15.6 Å². The molecule has 2 heterocycles. The summed E-state index contributed by atoms with van der Waals surface area (Å²) in [5, 5.41) is 6.62. The van der Waals surface area contributed by atoms with E-state index in [1.165, 1.54) is 4.88 Å². The van der Waals surface area contributed by atoms with Crippen LogP contribution in [0.3, 0.4) is 0 Å². The lowest BCUT2D eigenvalue weighted by atomic mass is 10.2. The number of aryl methyl sites for hydroxylation is 1. The fourth-order valence-corrected chi connectivity index (χ4v) is 3.59. The van der Waals surface area contributed by atoms with Gasteiger partial charge in [0, 0.05) is 30.1 Å². The topological polar surface area (TPSA) is 69.6 Å². The summed E-state index contributed by atoms with van der Waals surface area (Å²) >= 11 is 1.65. The zero-order valence-electron chi connectivity index (χ0n) is 15.7. The molecule has 0 spiro atoms. The van der Waals surface area contributed by atoms with E-state index < -0.39 is 0 Å². The zero-order valence-corrected chi connectivity index (χ0v) is 18.8. The van der Waals surface area contributed by atoms with Crippen LogP contribution in [-0.2, 0) is 17.9 Å². The maximum absolute atomic E-state index is 11.8. The molecule has 0 radical (unpaired) electrons. The molecule has 1 aromatic heterocycles. The predicted octanol–water partition coefficient (Wildman–Crippen LogP) is 3.45. The molecule has 0 aliphatic carbocycles. The molecular formula is C19H26IN5OS. The van der Waals surface area contributed by atoms with E-state index in [1.54, 1.807) is 11.3 Å². The van der Waals surface area contributed by atoms with Crippen LogP contribution >= 0.6 is 35.3 Å². The van der Waals surface area contributed by atoms with Gasteiger partial charge in [-0.15, -0.1) is 35.3 Å². The van der Waals surface area contributed by atoms with Crippen LogP contribution in [0.25, 0.3) is 0 Å². The van der Waals surface area contributed by atoms with E-state index in [0.717, 1.165) is 49.0 Å². The molecule has 27 heavy (non-hydrogen) atoms. The van der Waals surface area contributed by atoms with Crippen LogP contribution in [0.4, 0.5) is 5.69 Å². The Morgan fingerprint density at radius 2 is 2.07 bits per heavy atom. The van der Waals surface area contributed by atoms with E-state index in [0.29, 0.717) is 13.0 Å². The third-order valence-corrected chi connectivity index (χ3v) is 5.28. The van der Waals surface area contributed by atoms with Crippen LogP contribution in [0, 0.1) is 6.92 Å². The molecule has 1 aliphatic heterocycles. The van der Waals surface area contributed by atoms with Crippen molar-refractivity contribution in [2.75, 3.05) is 18.0 Å². The Labute approximate surface area is 181 Å². The summed E-state index contributed by atoms with van der Waals surface area (Å²) in [6, 6.07) is 8.10. The average Bonchev–Trinajstić information content (AvgIpc) is 3.26. The summed E-state index contributed by atoms with van der Waals surface area (Å²) in [5.41, 5.74) is 5.02. The van der Waals surface area contributed by atoms with Crippen LogP contribution in [0.5, 0.6) is 0 Å². The average molecular weight is 499 g/mol. The molecule has 1 aliphatic rings. The largest absolute Gasteiger partial charge is 0.357 e. The highest BCUT2D eigenvalue weighted by atomic mass is 127. The van der Waals surface area contributed by atoms with Crippen molar-refractivity contribution in [3.63, 3.8) is 0 Å². The van der Waals surface area contributed by atoms with E-state index in [4.69, 9.17) is 0 Å². The summed E-state index contributed by atoms with van der Waals surface area (Å²) in [4.78, 5) is 23.8. The molecule has 1 aromatic carbocycles. The molecule has 0 unspecified atom stereocenters. The van der Waals surface area contributed by atoms with E-state index in [2.05, 4.69) is 27.5 Å². The van der Waals surface area contributed by atoms with E-state index in [9.17, 15) is 4.79 Å². The van der Waals surface area contributed by atoms with Gasteiger partial charge in [0.15, 0.2) is 5.96 Å². The van der Waals surface area contributed by atoms with Gasteiger partial charge in [0.2, 0.25) is 5.91 Å². The maximum Gasteiger partial charge on any atom is 0.227 e. The second-order valence-corrected chi connectivity index (χ2v) is 7.16. The first-order chi connectivity index (χ1) is 12.7. The molecule has 2 aromatic rings. The standard InChI is InChI=1S/C19H25N5OS.HI/c1-3-20-19(22-12-17-14(2)23-13-26-17)21-11-15-6-8-16(9-7-15)24-10-4-5-18(24)25;/h6-9,13H,3-5,10-12H2,1-2H3,(H2,20,21,22);1H. The van der Waals surface area contributed by atoms with E-state index in [-0.39, 0.29) is 29.9 Å². The zero-order chi connectivity index (χ0) is 18.4. The van der Waals surface area contributed by atoms with Gasteiger partial charge in [-0.05, 0) is 38.0 Å². The summed E-state index contributed by atoms with van der Waals surface area (Å²) in [5.74, 6) is 1.01. The number of benzene rings is 1. The van der Waals surface area contributed by atoms with Crippen molar-refractivity contribution in [3.8, 4) is 0 Å². The monoisotopic (exact) mass is 499 g/mol. The van der Waals surface area contributed by atoms with Gasteiger partial charge in [0.05, 0.1) is 24.3 Å². The Bertz CT molecular complexity index is 775. The molecule has 2 N–H and O–H groups in total. The molecule has 0 atom stereocenters. The molecule has 1 amide bonds. The number of rotatable bonds is 6. The Kier molecular flexibility index (Phi) is 8.49. The number of nitrogens with zero attached hydrogens (tertiary/aromatic N) is 3. The number of hydrogen-bond acceptors (Lipinski definition) is 4. The number of aromatic nitrogens is 1. The van der Waals surface area contributed by atoms with Gasteiger partial charge in [-0.3, -0.25) is 4.79 Å². The van der Waals surface area contributed by atoms with Gasteiger partial charge in [-0.2, -0.15) is 0 Å². The molecule has 1 fully saturated rings. The van der Waals surface area contributed by atoms with Crippen molar-refractivity contribution in [2.24, 2.45) is 4.99 Å². The Hall–Kier alpha value is -1.68. The highest BCUT2D eigenvalue weighted by Gasteiger charge is 2.21. The number of halogens is 1. The minimum Gasteiger partial charge on any atom is -0.357 e. The minimum absolute atomic E-state index is 0. The van der Waals surface area contributed by atoms with Crippen molar-refractivity contribution in [3.05, 3.63) is 45.9 Å². The first kappa shape index (κ1) is 21.6. The quantitative estimate of drug-likeness (QED) is 0.363. The van der Waals surface area contributed by atoms with Gasteiger partial charge in [-0.25, -0.2) is 9.98 Å². The van der Waals surface area contributed by atoms with Gasteiger partial charge < -0.3 is 15.5 Å². The number of guanidine groups is 1. The number of carbonyl (C=O) groups is 1. The van der Waals surface area contributed by atoms with Crippen molar-refractivity contribution in [2.45, 2.75) is 39.8 Å². The van der Waals surface area contributed by atoms with Gasteiger partial charge in [-0.1, -0.05) is 12.1 Å². The molecule has 6 nitrogen and oxygen atoms in total. The molecule has 0 saturated carbocycles. The minimum atomic E-state index is 0. The van der Waals surface area contributed by atoms with Gasteiger partial charge in [0.1, 0.15) is 0 Å². The lowest BCUT2D eigenvalue weighted by molar-refractivity contribution is -0.117. The van der Waals surface area contributed by atoms with Crippen molar-refractivity contribution < 1.29 is 4.79 Å². The Morgan fingerprint density at radius 3 is 2.67 bits per heavy atom. The van der Waals surface area contributed by atoms with E-state index in [1.807, 2.05) is 41.6 Å². The van der Waals surface area contributed by atoms with Crippen LogP contribution in [0.15, 0.2) is 34.8 Å². The number of carbonyl (C=O) groups excluding carboxylic acids is 1. The lowest BCUT2D eigenvalue weighted by Gasteiger charge is -2.15. The van der Waals surface area contributed by atoms with Crippen LogP contribution in [0.2, 0.25) is 0 Å². The highest BCUT2D eigenvalue weighted by Crippen LogP contribution is 2.21.